The molecule has 0 amide bonds. The number of hydrazine groups is 1. The maximum absolute atomic E-state index is 13.0. The zero-order valence-corrected chi connectivity index (χ0v) is 29.6. The number of fused-ring (bicyclic) bond motifs is 1. The van der Waals surface area contributed by atoms with E-state index in [-0.39, 0.29) is 5.69 Å². The fourth-order valence-corrected chi connectivity index (χ4v) is 5.34. The molecule has 0 aliphatic carbocycles. The third-order valence-corrected chi connectivity index (χ3v) is 8.06. The van der Waals surface area contributed by atoms with Crippen LogP contribution >= 0.6 is 0 Å². The van der Waals surface area contributed by atoms with Gasteiger partial charge in [-0.3, -0.25) is 5.01 Å². The molecule has 3 aromatic rings. The summed E-state index contributed by atoms with van der Waals surface area (Å²) in [6.45, 7) is 12.6. The Hall–Kier alpha value is -3.89. The van der Waals surface area contributed by atoms with Gasteiger partial charge in [-0.25, -0.2) is 10.6 Å². The van der Waals surface area contributed by atoms with Gasteiger partial charge in [0.1, 0.15) is 23.6 Å². The Bertz CT molecular complexity index is 1510. The molecule has 1 saturated heterocycles. The van der Waals surface area contributed by atoms with Gasteiger partial charge in [-0.05, 0) is 44.2 Å². The number of hydrogen-bond donors (Lipinski definition) is 2. The topological polar surface area (TPSA) is 157 Å². The minimum absolute atomic E-state index is 0.150. The molecule has 1 aliphatic heterocycles. The number of nitrogens with two attached hydrogens (primary N) is 2. The summed E-state index contributed by atoms with van der Waals surface area (Å²) < 4.78 is 45.5. The number of rotatable bonds is 11. The molecule has 4 N–H and O–H groups in total. The van der Waals surface area contributed by atoms with E-state index in [2.05, 4.69) is 23.6 Å². The molecular weight excluding hydrogens is 646 g/mol. The number of nitrogens with zero attached hydrogens (tertiary/aromatic N) is 3. The monoisotopic (exact) mass is 699 g/mol. The first-order valence-corrected chi connectivity index (χ1v) is 17.2. The van der Waals surface area contributed by atoms with Gasteiger partial charge in [-0.1, -0.05) is 6.07 Å². The molecule has 1 aromatic heterocycles. The van der Waals surface area contributed by atoms with Crippen LogP contribution in [0.25, 0.3) is 16.7 Å². The molecule has 0 saturated carbocycles. The highest BCUT2D eigenvalue weighted by molar-refractivity contribution is 5.83. The van der Waals surface area contributed by atoms with Crippen LogP contribution in [0.2, 0.25) is 0 Å². The molecule has 276 valence electrons. The Morgan fingerprint density at radius 1 is 0.820 bits per heavy atom. The van der Waals surface area contributed by atoms with Gasteiger partial charge in [0.15, 0.2) is 0 Å². The first-order chi connectivity index (χ1) is 24.4. The Labute approximate surface area is 294 Å². The summed E-state index contributed by atoms with van der Waals surface area (Å²) in [6, 6.07) is 13.1. The molecule has 14 nitrogen and oxygen atoms in total. The van der Waals surface area contributed by atoms with E-state index < -0.39 is 5.63 Å². The fourth-order valence-electron chi connectivity index (χ4n) is 5.34. The molecule has 1 fully saturated rings. The van der Waals surface area contributed by atoms with Crippen LogP contribution in [0.5, 0.6) is 5.75 Å². The maximum Gasteiger partial charge on any atom is 0.361 e. The average Bonchev–Trinajstić information content (AvgIpc) is 3.12. The van der Waals surface area contributed by atoms with E-state index in [0.717, 1.165) is 29.9 Å². The van der Waals surface area contributed by atoms with Crippen molar-refractivity contribution in [1.29, 1.82) is 0 Å². The Morgan fingerprint density at radius 2 is 1.42 bits per heavy atom. The lowest BCUT2D eigenvalue weighted by atomic mass is 10.1. The van der Waals surface area contributed by atoms with E-state index in [1.807, 2.05) is 36.4 Å². The number of hydrogen-bond acceptors (Lipinski definition) is 14. The zero-order chi connectivity index (χ0) is 35.6. The van der Waals surface area contributed by atoms with Crippen LogP contribution in [-0.4, -0.2) is 113 Å². The molecule has 0 unspecified atom stereocenters. The Morgan fingerprint density at radius 3 is 2.00 bits per heavy atom. The van der Waals surface area contributed by atoms with E-state index in [0.29, 0.717) is 115 Å². The van der Waals surface area contributed by atoms with Gasteiger partial charge in [-0.15, -0.1) is 0 Å². The summed E-state index contributed by atoms with van der Waals surface area (Å²) in [5.74, 6) is 6.97. The van der Waals surface area contributed by atoms with Gasteiger partial charge in [0.25, 0.3) is 0 Å². The van der Waals surface area contributed by atoms with Crippen LogP contribution < -0.4 is 36.7 Å². The molecule has 0 bridgehead atoms. The predicted octanol–water partition coefficient (Wildman–Crippen LogP) is 3.20. The predicted molar refractivity (Wildman–Crippen MR) is 195 cm³/mol. The minimum Gasteiger partial charge on any atom is -0.489 e. The van der Waals surface area contributed by atoms with Crippen molar-refractivity contribution in [2.45, 2.75) is 13.8 Å². The van der Waals surface area contributed by atoms with Crippen molar-refractivity contribution < 1.29 is 37.6 Å². The second kappa shape index (κ2) is 21.4. The van der Waals surface area contributed by atoms with Gasteiger partial charge >= 0.3 is 5.63 Å². The fraction of sp³-hybridized carbons (Fsp3) is 0.528. The van der Waals surface area contributed by atoms with Gasteiger partial charge in [0.2, 0.25) is 0 Å². The normalized spacial score (nSPS) is 16.5. The van der Waals surface area contributed by atoms with Crippen molar-refractivity contribution in [3.63, 3.8) is 0 Å². The summed E-state index contributed by atoms with van der Waals surface area (Å²) in [4.78, 5) is 17.3. The summed E-state index contributed by atoms with van der Waals surface area (Å²) in [6.07, 6.45) is 1.49. The molecule has 50 heavy (non-hydrogen) atoms. The van der Waals surface area contributed by atoms with Crippen molar-refractivity contribution >= 4 is 33.7 Å². The molecule has 4 rings (SSSR count). The van der Waals surface area contributed by atoms with Crippen molar-refractivity contribution in [2.75, 3.05) is 127 Å². The molecule has 1 aliphatic rings. The molecule has 0 atom stereocenters. The van der Waals surface area contributed by atoms with E-state index >= 15 is 0 Å². The third kappa shape index (κ3) is 11.9. The second-order valence-corrected chi connectivity index (χ2v) is 11.4. The van der Waals surface area contributed by atoms with Crippen molar-refractivity contribution in [1.82, 2.24) is 0 Å². The summed E-state index contributed by atoms with van der Waals surface area (Å²) >= 11 is 0. The van der Waals surface area contributed by atoms with Crippen LogP contribution in [0, 0.1) is 0 Å². The third-order valence-electron chi connectivity index (χ3n) is 8.06. The molecule has 2 heterocycles. The lowest BCUT2D eigenvalue weighted by Crippen LogP contribution is -2.32. The summed E-state index contributed by atoms with van der Waals surface area (Å²) in [7, 11) is 1.62. The summed E-state index contributed by atoms with van der Waals surface area (Å²) in [5.41, 5.74) is 9.41. The highest BCUT2D eigenvalue weighted by Crippen LogP contribution is 2.32. The molecular formula is C36H53N5O9. The van der Waals surface area contributed by atoms with E-state index in [9.17, 15) is 4.79 Å². The highest BCUT2D eigenvalue weighted by Gasteiger charge is 2.17. The smallest absolute Gasteiger partial charge is 0.361 e. The van der Waals surface area contributed by atoms with Crippen LogP contribution in [0.1, 0.15) is 19.4 Å². The lowest BCUT2D eigenvalue weighted by Gasteiger charge is -2.27. The molecule has 0 radical (unpaired) electrons. The van der Waals surface area contributed by atoms with Crippen LogP contribution in [0.3, 0.4) is 0 Å². The van der Waals surface area contributed by atoms with Crippen molar-refractivity contribution in [3.05, 3.63) is 64.6 Å². The van der Waals surface area contributed by atoms with Gasteiger partial charge in [0, 0.05) is 62.2 Å². The number of anilines is 3. The maximum atomic E-state index is 13.0. The minimum atomic E-state index is -0.574. The number of benzene rings is 2. The number of methoxy groups -OCH3 is 1. The van der Waals surface area contributed by atoms with Crippen LogP contribution in [-0.2, 0) is 28.4 Å². The van der Waals surface area contributed by atoms with E-state index in [4.69, 9.17) is 49.2 Å². The van der Waals surface area contributed by atoms with Crippen LogP contribution in [0.15, 0.2) is 57.9 Å². The lowest BCUT2D eigenvalue weighted by molar-refractivity contribution is -0.0116. The van der Waals surface area contributed by atoms with Crippen LogP contribution in [0.4, 0.5) is 17.1 Å². The van der Waals surface area contributed by atoms with E-state index in [1.54, 1.807) is 13.2 Å². The SMILES string of the molecule is CCN(CC)c1ccc2cc(N(N)/C=C(\N)c3ccc(N4CCOCCOCCOCCOCCOCC4)c(OCCOC)c3)c(=O)oc2c1. The zero-order valence-electron chi connectivity index (χ0n) is 29.6. The molecule has 14 heteroatoms. The van der Waals surface area contributed by atoms with Gasteiger partial charge in [0.05, 0.1) is 84.1 Å². The average molecular weight is 700 g/mol. The molecule has 2 aromatic carbocycles. The quantitative estimate of drug-likeness (QED) is 0.130. The standard InChI is InChI=1S/C36H53N5O9/c1-4-39(5-2)30-8-6-29-24-33(36(42)50-34(29)26-30)41(38)27-31(37)28-7-9-32(35(25-28)49-23-14-43-3)40-10-12-44-15-17-46-19-21-48-22-20-47-18-16-45-13-11-40/h6-9,24-27H,4-5,10-23,37-38H2,1-3H3/b31-27-. The molecule has 0 spiro atoms. The number of ether oxygens (including phenoxy) is 7. The second-order valence-electron chi connectivity index (χ2n) is 11.4. The van der Waals surface area contributed by atoms with Crippen molar-refractivity contribution in [2.24, 2.45) is 11.6 Å². The first-order valence-electron chi connectivity index (χ1n) is 17.2. The summed E-state index contributed by atoms with van der Waals surface area (Å²) in [5, 5.41) is 1.93. The highest BCUT2D eigenvalue weighted by atomic mass is 16.6. The van der Waals surface area contributed by atoms with E-state index in [1.165, 1.54) is 11.2 Å². The first kappa shape index (κ1) is 38.9. The van der Waals surface area contributed by atoms with Gasteiger partial charge in [-0.2, -0.15) is 0 Å². The Balaban J connectivity index is 1.54. The largest absolute Gasteiger partial charge is 0.489 e. The van der Waals surface area contributed by atoms with Crippen molar-refractivity contribution in [3.8, 4) is 5.75 Å². The Kier molecular flexibility index (Phi) is 16.6. The van der Waals surface area contributed by atoms with Gasteiger partial charge < -0.3 is 53.1 Å².